The summed E-state index contributed by atoms with van der Waals surface area (Å²) in [5, 5.41) is 10.4. The molecule has 0 bridgehead atoms. The van der Waals surface area contributed by atoms with E-state index in [1.165, 1.54) is 5.39 Å². The summed E-state index contributed by atoms with van der Waals surface area (Å²) in [4.78, 5) is 21.1. The normalized spacial score (nSPS) is 19.6. The lowest BCUT2D eigenvalue weighted by molar-refractivity contribution is -0.0139. The van der Waals surface area contributed by atoms with E-state index in [1.54, 1.807) is 19.4 Å². The number of pyridine rings is 1. The van der Waals surface area contributed by atoms with Crippen LogP contribution in [0.4, 0.5) is 0 Å². The third-order valence-corrected chi connectivity index (χ3v) is 6.15. The summed E-state index contributed by atoms with van der Waals surface area (Å²) in [6.45, 7) is 6.38. The van der Waals surface area contributed by atoms with Crippen LogP contribution in [0.25, 0.3) is 10.9 Å². The predicted molar refractivity (Wildman–Crippen MR) is 119 cm³/mol. The van der Waals surface area contributed by atoms with Crippen LogP contribution in [0.1, 0.15) is 53.0 Å². The molecule has 1 fully saturated rings. The first-order valence-electron chi connectivity index (χ1n) is 10.7. The first kappa shape index (κ1) is 21.3. The van der Waals surface area contributed by atoms with Gasteiger partial charge >= 0.3 is 5.97 Å². The largest absolute Gasteiger partial charge is 0.496 e. The van der Waals surface area contributed by atoms with Crippen LogP contribution in [0.3, 0.4) is 0 Å². The minimum absolute atomic E-state index is 0.0571. The van der Waals surface area contributed by atoms with Crippen molar-refractivity contribution in [1.82, 2.24) is 14.9 Å². The van der Waals surface area contributed by atoms with E-state index >= 15 is 0 Å². The Kier molecular flexibility index (Phi) is 6.25. The van der Waals surface area contributed by atoms with Crippen LogP contribution in [-0.4, -0.2) is 52.3 Å². The number of likely N-dealkylation sites (tertiary alicyclic amines) is 1. The van der Waals surface area contributed by atoms with Gasteiger partial charge in [-0.15, -0.1) is 0 Å². The number of hydrogen-bond donors (Lipinski definition) is 2. The van der Waals surface area contributed by atoms with Gasteiger partial charge in [0.2, 0.25) is 0 Å². The molecule has 2 atom stereocenters. The van der Waals surface area contributed by atoms with E-state index in [1.807, 2.05) is 19.2 Å². The molecule has 0 aliphatic carbocycles. The molecule has 4 rings (SSSR count). The van der Waals surface area contributed by atoms with Gasteiger partial charge in [-0.2, -0.15) is 0 Å². The van der Waals surface area contributed by atoms with Gasteiger partial charge in [0.05, 0.1) is 13.2 Å². The SMILES string of the molecule is CCO[C@H]1CCN(Cc2c(OC)cc(C)c3[nH]ccc23)[C@H](c2ccc(C(=O)O)nc2)C1. The predicted octanol–water partition coefficient (Wildman–Crippen LogP) is 4.32. The Morgan fingerprint density at radius 3 is 2.87 bits per heavy atom. The molecule has 3 aromatic rings. The maximum absolute atomic E-state index is 11.2. The topological polar surface area (TPSA) is 87.7 Å². The van der Waals surface area contributed by atoms with Gasteiger partial charge in [0.1, 0.15) is 11.4 Å². The fraction of sp³-hybridized carbons (Fsp3) is 0.417. The lowest BCUT2D eigenvalue weighted by Crippen LogP contribution is -2.39. The van der Waals surface area contributed by atoms with Crippen molar-refractivity contribution in [3.8, 4) is 5.75 Å². The van der Waals surface area contributed by atoms with E-state index in [2.05, 4.69) is 33.9 Å². The summed E-state index contributed by atoms with van der Waals surface area (Å²) >= 11 is 0. The van der Waals surface area contributed by atoms with Crippen LogP contribution < -0.4 is 4.74 Å². The van der Waals surface area contributed by atoms with Crippen LogP contribution >= 0.6 is 0 Å². The van der Waals surface area contributed by atoms with E-state index in [0.717, 1.165) is 53.9 Å². The molecule has 0 radical (unpaired) electrons. The van der Waals surface area contributed by atoms with Gasteiger partial charge in [-0.1, -0.05) is 6.07 Å². The highest BCUT2D eigenvalue weighted by Crippen LogP contribution is 2.37. The summed E-state index contributed by atoms with van der Waals surface area (Å²) in [6.07, 6.45) is 5.63. The first-order valence-corrected chi connectivity index (χ1v) is 10.7. The number of carbonyl (C=O) groups is 1. The molecule has 7 nitrogen and oxygen atoms in total. The van der Waals surface area contributed by atoms with Crippen LogP contribution in [0.2, 0.25) is 0 Å². The highest BCUT2D eigenvalue weighted by Gasteiger charge is 2.31. The highest BCUT2D eigenvalue weighted by atomic mass is 16.5. The number of piperidine rings is 1. The van der Waals surface area contributed by atoms with Crippen molar-refractivity contribution < 1.29 is 19.4 Å². The number of benzene rings is 1. The zero-order valence-electron chi connectivity index (χ0n) is 18.2. The standard InChI is InChI=1S/C24H29N3O4/c1-4-31-17-8-10-27(21(12-17)16-5-6-20(24(28)29)26-13-16)14-19-18-7-9-25-23(18)15(2)11-22(19)30-3/h5-7,9,11,13,17,21,25H,4,8,10,12,14H2,1-3H3,(H,28,29)/t17-,21-/m0/s1. The minimum Gasteiger partial charge on any atom is -0.496 e. The molecule has 0 unspecified atom stereocenters. The number of nitrogens with zero attached hydrogens (tertiary/aromatic N) is 2. The zero-order valence-corrected chi connectivity index (χ0v) is 18.2. The summed E-state index contributed by atoms with van der Waals surface area (Å²) in [5.74, 6) is -0.131. The van der Waals surface area contributed by atoms with Gasteiger partial charge in [0, 0.05) is 54.6 Å². The number of nitrogens with one attached hydrogen (secondary N) is 1. The molecule has 0 saturated carbocycles. The van der Waals surface area contributed by atoms with Gasteiger partial charge in [-0.05, 0) is 56.0 Å². The van der Waals surface area contributed by atoms with Gasteiger partial charge in [-0.3, -0.25) is 4.90 Å². The number of aromatic carboxylic acids is 1. The van der Waals surface area contributed by atoms with Crippen molar-refractivity contribution in [2.45, 2.75) is 45.4 Å². The molecule has 0 spiro atoms. The smallest absolute Gasteiger partial charge is 0.354 e. The third-order valence-electron chi connectivity index (χ3n) is 6.15. The number of carboxylic acid groups (broad SMARTS) is 1. The Hall–Kier alpha value is -2.90. The molecule has 2 N–H and O–H groups in total. The zero-order chi connectivity index (χ0) is 22.0. The molecular formula is C24H29N3O4. The van der Waals surface area contributed by atoms with E-state index in [9.17, 15) is 9.90 Å². The summed E-state index contributed by atoms with van der Waals surface area (Å²) < 4.78 is 11.7. The van der Waals surface area contributed by atoms with Crippen molar-refractivity contribution in [3.05, 3.63) is 59.0 Å². The number of aryl methyl sites for hydroxylation is 1. The van der Waals surface area contributed by atoms with Crippen LogP contribution in [0.5, 0.6) is 5.75 Å². The van der Waals surface area contributed by atoms with Crippen molar-refractivity contribution in [1.29, 1.82) is 0 Å². The maximum atomic E-state index is 11.2. The molecule has 7 heteroatoms. The van der Waals surface area contributed by atoms with Gasteiger partial charge in [0.15, 0.2) is 0 Å². The van der Waals surface area contributed by atoms with E-state index in [4.69, 9.17) is 9.47 Å². The summed E-state index contributed by atoms with van der Waals surface area (Å²) in [5.41, 5.74) is 4.50. The molecular weight excluding hydrogens is 394 g/mol. The van der Waals surface area contributed by atoms with Crippen LogP contribution in [-0.2, 0) is 11.3 Å². The number of aromatic nitrogens is 2. The summed E-state index contributed by atoms with van der Waals surface area (Å²) in [6, 6.07) is 7.73. The molecule has 3 heterocycles. The average Bonchev–Trinajstić information content (AvgIpc) is 3.27. The molecule has 164 valence electrons. The van der Waals surface area contributed by atoms with E-state index in [0.29, 0.717) is 6.61 Å². The number of ether oxygens (including phenoxy) is 2. The molecule has 1 aliphatic heterocycles. The van der Waals surface area contributed by atoms with Crippen LogP contribution in [0, 0.1) is 6.92 Å². The number of carboxylic acids is 1. The molecule has 1 aliphatic rings. The Balaban J connectivity index is 1.69. The number of fused-ring (bicyclic) bond motifs is 1. The van der Waals surface area contributed by atoms with Crippen molar-refractivity contribution in [2.75, 3.05) is 20.3 Å². The number of aromatic amines is 1. The van der Waals surface area contributed by atoms with E-state index in [-0.39, 0.29) is 17.8 Å². The number of methoxy groups -OCH3 is 1. The van der Waals surface area contributed by atoms with Gasteiger partial charge in [-0.25, -0.2) is 9.78 Å². The van der Waals surface area contributed by atoms with Crippen molar-refractivity contribution >= 4 is 16.9 Å². The highest BCUT2D eigenvalue weighted by molar-refractivity contribution is 5.88. The van der Waals surface area contributed by atoms with Gasteiger partial charge in [0.25, 0.3) is 0 Å². The van der Waals surface area contributed by atoms with E-state index < -0.39 is 5.97 Å². The second kappa shape index (κ2) is 9.08. The number of H-pyrrole nitrogens is 1. The van der Waals surface area contributed by atoms with Crippen molar-refractivity contribution in [2.24, 2.45) is 0 Å². The molecule has 31 heavy (non-hydrogen) atoms. The van der Waals surface area contributed by atoms with Gasteiger partial charge < -0.3 is 19.6 Å². The van der Waals surface area contributed by atoms with Crippen molar-refractivity contribution in [3.63, 3.8) is 0 Å². The maximum Gasteiger partial charge on any atom is 0.354 e. The Labute approximate surface area is 182 Å². The number of hydrogen-bond acceptors (Lipinski definition) is 5. The average molecular weight is 424 g/mol. The fourth-order valence-corrected chi connectivity index (χ4v) is 4.62. The monoisotopic (exact) mass is 423 g/mol. The lowest BCUT2D eigenvalue weighted by atomic mass is 9.92. The third kappa shape index (κ3) is 4.29. The minimum atomic E-state index is -1.02. The quantitative estimate of drug-likeness (QED) is 0.588. The molecule has 1 saturated heterocycles. The molecule has 0 amide bonds. The van der Waals surface area contributed by atoms with Crippen LogP contribution in [0.15, 0.2) is 36.7 Å². The Bertz CT molecular complexity index is 1060. The Morgan fingerprint density at radius 1 is 1.35 bits per heavy atom. The lowest BCUT2D eigenvalue weighted by Gasteiger charge is -2.40. The second-order valence-corrected chi connectivity index (χ2v) is 8.01. The number of rotatable bonds is 7. The fourth-order valence-electron chi connectivity index (χ4n) is 4.62. The molecule has 2 aromatic heterocycles. The Morgan fingerprint density at radius 2 is 2.19 bits per heavy atom. The molecule has 1 aromatic carbocycles. The summed E-state index contributed by atoms with van der Waals surface area (Å²) in [7, 11) is 1.71. The second-order valence-electron chi connectivity index (χ2n) is 8.01. The first-order chi connectivity index (χ1) is 15.0.